The number of nitrogens with zero attached hydrogens (tertiary/aromatic N) is 1. The fraction of sp³-hybridized carbons (Fsp3) is 0.154. The van der Waals surface area contributed by atoms with Crippen LogP contribution in [0.1, 0.15) is 24.6 Å². The van der Waals surface area contributed by atoms with Gasteiger partial charge in [-0.1, -0.05) is 24.3 Å². The van der Waals surface area contributed by atoms with Crippen molar-refractivity contribution in [2.45, 2.75) is 13.3 Å². The maximum absolute atomic E-state index is 12.8. The van der Waals surface area contributed by atoms with Crippen molar-refractivity contribution in [3.8, 4) is 0 Å². The lowest BCUT2D eigenvalue weighted by molar-refractivity contribution is 0.151. The highest BCUT2D eigenvalue weighted by Crippen LogP contribution is 2.26. The number of aromatic nitrogens is 1. The molecule has 0 amide bonds. The summed E-state index contributed by atoms with van der Waals surface area (Å²) in [7, 11) is 0. The molecule has 0 unspecified atom stereocenters. The number of hydrogen-bond acceptors (Lipinski definition) is 1. The van der Waals surface area contributed by atoms with Gasteiger partial charge in [-0.25, -0.2) is 13.8 Å². The molecule has 2 rings (SSSR count). The van der Waals surface area contributed by atoms with E-state index in [0.29, 0.717) is 5.69 Å². The van der Waals surface area contributed by atoms with Gasteiger partial charge in [-0.15, -0.1) is 0 Å². The van der Waals surface area contributed by atoms with E-state index in [-0.39, 0.29) is 5.56 Å². The van der Waals surface area contributed by atoms with Crippen molar-refractivity contribution in [3.05, 3.63) is 47.7 Å². The molecule has 1 heterocycles. The first-order valence-corrected chi connectivity index (χ1v) is 5.03. The molecule has 0 bridgehead atoms. The van der Waals surface area contributed by atoms with Gasteiger partial charge in [-0.3, -0.25) is 0 Å². The lowest BCUT2D eigenvalue weighted by Crippen LogP contribution is -1.94. The van der Waals surface area contributed by atoms with Gasteiger partial charge in [0.1, 0.15) is 0 Å². The van der Waals surface area contributed by atoms with E-state index in [4.69, 9.17) is 0 Å². The number of pyridine rings is 1. The summed E-state index contributed by atoms with van der Waals surface area (Å²) < 4.78 is 25.6. The molecule has 1 aromatic heterocycles. The van der Waals surface area contributed by atoms with Gasteiger partial charge in [-0.2, -0.15) is 0 Å². The molecule has 0 saturated carbocycles. The third-order valence-corrected chi connectivity index (χ3v) is 2.34. The molecule has 0 N–H and O–H groups in total. The third-order valence-electron chi connectivity index (χ3n) is 2.34. The van der Waals surface area contributed by atoms with Crippen LogP contribution < -0.4 is 0 Å². The van der Waals surface area contributed by atoms with Gasteiger partial charge in [0.25, 0.3) is 6.43 Å². The molecule has 3 heteroatoms. The molecule has 2 aromatic rings. The Bertz CT molecular complexity index is 532. The van der Waals surface area contributed by atoms with Gasteiger partial charge in [0.05, 0.1) is 11.2 Å². The summed E-state index contributed by atoms with van der Waals surface area (Å²) in [5, 5.41) is 0.742. The van der Waals surface area contributed by atoms with Crippen molar-refractivity contribution in [2.24, 2.45) is 0 Å². The van der Waals surface area contributed by atoms with E-state index in [2.05, 4.69) is 4.98 Å². The summed E-state index contributed by atoms with van der Waals surface area (Å²) in [5.74, 6) is 0. The Morgan fingerprint density at radius 3 is 2.69 bits per heavy atom. The van der Waals surface area contributed by atoms with Gasteiger partial charge in [-0.05, 0) is 25.1 Å². The molecule has 0 aliphatic rings. The van der Waals surface area contributed by atoms with Crippen LogP contribution in [0.5, 0.6) is 0 Å². The van der Waals surface area contributed by atoms with Gasteiger partial charge < -0.3 is 0 Å². The molecule has 1 aromatic carbocycles. The first kappa shape index (κ1) is 10.7. The monoisotopic (exact) mass is 219 g/mol. The van der Waals surface area contributed by atoms with Crippen LogP contribution in [-0.4, -0.2) is 4.98 Å². The molecular weight excluding hydrogens is 208 g/mol. The Morgan fingerprint density at radius 1 is 1.25 bits per heavy atom. The summed E-state index contributed by atoms with van der Waals surface area (Å²) >= 11 is 0. The highest BCUT2D eigenvalue weighted by Gasteiger charge is 2.13. The summed E-state index contributed by atoms with van der Waals surface area (Å²) in [4.78, 5) is 4.22. The average Bonchev–Trinajstić information content (AvgIpc) is 2.28. The Kier molecular flexibility index (Phi) is 2.95. The molecule has 0 atom stereocenters. The Morgan fingerprint density at radius 2 is 2.00 bits per heavy atom. The van der Waals surface area contributed by atoms with Gasteiger partial charge in [0, 0.05) is 10.9 Å². The number of rotatable bonds is 2. The molecule has 0 radical (unpaired) electrons. The first-order valence-electron chi connectivity index (χ1n) is 5.03. The van der Waals surface area contributed by atoms with Crippen LogP contribution in [0, 0.1) is 0 Å². The van der Waals surface area contributed by atoms with Crippen LogP contribution in [0.4, 0.5) is 8.78 Å². The molecule has 0 aliphatic heterocycles. The van der Waals surface area contributed by atoms with Crippen LogP contribution in [-0.2, 0) is 0 Å². The number of allylic oxidation sites excluding steroid dienone is 1. The number of benzene rings is 1. The van der Waals surface area contributed by atoms with Gasteiger partial charge >= 0.3 is 0 Å². The topological polar surface area (TPSA) is 12.9 Å². The standard InChI is InChI=1S/C13H11F2N/c1-2-5-12-10(13(14)15)8-9-6-3-4-7-11(9)16-12/h2-8,13H,1H3/b5-2+. The molecular formula is C13H11F2N. The van der Waals surface area contributed by atoms with Crippen molar-refractivity contribution in [3.63, 3.8) is 0 Å². The minimum atomic E-state index is -2.50. The normalized spacial score (nSPS) is 11.8. The van der Waals surface area contributed by atoms with Crippen molar-refractivity contribution in [1.29, 1.82) is 0 Å². The van der Waals surface area contributed by atoms with Gasteiger partial charge in [0.2, 0.25) is 0 Å². The second-order valence-corrected chi connectivity index (χ2v) is 3.46. The van der Waals surface area contributed by atoms with E-state index >= 15 is 0 Å². The van der Waals surface area contributed by atoms with E-state index in [9.17, 15) is 8.78 Å². The summed E-state index contributed by atoms with van der Waals surface area (Å²) in [6.45, 7) is 1.78. The van der Waals surface area contributed by atoms with Crippen LogP contribution in [0.2, 0.25) is 0 Å². The molecule has 82 valence electrons. The Balaban J connectivity index is 2.70. The smallest absolute Gasteiger partial charge is 0.248 e. The number of hydrogen-bond donors (Lipinski definition) is 0. The SMILES string of the molecule is C/C=C/c1nc2ccccc2cc1C(F)F. The van der Waals surface area contributed by atoms with Crippen molar-refractivity contribution < 1.29 is 8.78 Å². The Labute approximate surface area is 92.4 Å². The quantitative estimate of drug-likeness (QED) is 0.737. The largest absolute Gasteiger partial charge is 0.265 e. The van der Waals surface area contributed by atoms with E-state index in [1.165, 1.54) is 6.07 Å². The molecule has 0 aliphatic carbocycles. The minimum Gasteiger partial charge on any atom is -0.248 e. The highest BCUT2D eigenvalue weighted by atomic mass is 19.3. The number of para-hydroxylation sites is 1. The molecule has 0 saturated heterocycles. The fourth-order valence-electron chi connectivity index (χ4n) is 1.61. The second-order valence-electron chi connectivity index (χ2n) is 3.46. The van der Waals surface area contributed by atoms with E-state index in [0.717, 1.165) is 10.9 Å². The lowest BCUT2D eigenvalue weighted by atomic mass is 10.1. The van der Waals surface area contributed by atoms with E-state index in [1.54, 1.807) is 25.1 Å². The van der Waals surface area contributed by atoms with Gasteiger partial charge in [0.15, 0.2) is 0 Å². The van der Waals surface area contributed by atoms with E-state index in [1.807, 2.05) is 18.2 Å². The van der Waals surface area contributed by atoms with Crippen LogP contribution >= 0.6 is 0 Å². The Hall–Kier alpha value is -1.77. The summed E-state index contributed by atoms with van der Waals surface area (Å²) in [6, 6.07) is 8.76. The van der Waals surface area contributed by atoms with Crippen LogP contribution in [0.3, 0.4) is 0 Å². The van der Waals surface area contributed by atoms with E-state index < -0.39 is 6.43 Å². The van der Waals surface area contributed by atoms with Crippen molar-refractivity contribution in [1.82, 2.24) is 4.98 Å². The average molecular weight is 219 g/mol. The maximum Gasteiger partial charge on any atom is 0.265 e. The predicted molar refractivity (Wildman–Crippen MR) is 61.4 cm³/mol. The summed E-state index contributed by atoms with van der Waals surface area (Å²) in [5.41, 5.74) is 1.06. The predicted octanol–water partition coefficient (Wildman–Crippen LogP) is 4.21. The zero-order chi connectivity index (χ0) is 11.5. The number of alkyl halides is 2. The zero-order valence-electron chi connectivity index (χ0n) is 8.82. The lowest BCUT2D eigenvalue weighted by Gasteiger charge is -2.06. The molecule has 0 spiro atoms. The number of halogens is 2. The maximum atomic E-state index is 12.8. The molecule has 16 heavy (non-hydrogen) atoms. The first-order chi connectivity index (χ1) is 7.72. The zero-order valence-corrected chi connectivity index (χ0v) is 8.82. The minimum absolute atomic E-state index is 0.0169. The third kappa shape index (κ3) is 1.94. The van der Waals surface area contributed by atoms with Crippen molar-refractivity contribution in [2.75, 3.05) is 0 Å². The molecule has 0 fully saturated rings. The van der Waals surface area contributed by atoms with Crippen LogP contribution in [0.15, 0.2) is 36.4 Å². The van der Waals surface area contributed by atoms with Crippen molar-refractivity contribution >= 4 is 17.0 Å². The fourth-order valence-corrected chi connectivity index (χ4v) is 1.61. The number of fused-ring (bicyclic) bond motifs is 1. The highest BCUT2D eigenvalue weighted by molar-refractivity contribution is 5.80. The van der Waals surface area contributed by atoms with Crippen LogP contribution in [0.25, 0.3) is 17.0 Å². The second kappa shape index (κ2) is 4.39. The summed E-state index contributed by atoms with van der Waals surface area (Å²) in [6.07, 6.45) is 0.819. The molecule has 1 nitrogen and oxygen atoms in total.